The van der Waals surface area contributed by atoms with Gasteiger partial charge in [0.2, 0.25) is 5.91 Å². The maximum Gasteiger partial charge on any atom is 0.251 e. The van der Waals surface area contributed by atoms with Gasteiger partial charge in [-0.1, -0.05) is 41.4 Å². The summed E-state index contributed by atoms with van der Waals surface area (Å²) >= 11 is 11.7. The maximum absolute atomic E-state index is 11.9. The van der Waals surface area contributed by atoms with Crippen LogP contribution in [0.4, 0.5) is 0 Å². The molecule has 0 aromatic heterocycles. The quantitative estimate of drug-likeness (QED) is 0.739. The molecule has 2 aromatic rings. The van der Waals surface area contributed by atoms with E-state index in [9.17, 15) is 9.59 Å². The SMILES string of the molecule is O=C(CCc1ccc(Cl)cc1)NCCNC(=O)c1cccc(Cl)c1. The van der Waals surface area contributed by atoms with Crippen molar-refractivity contribution in [3.63, 3.8) is 0 Å². The number of amides is 2. The number of hydrogen-bond donors (Lipinski definition) is 2. The Kier molecular flexibility index (Phi) is 7.09. The summed E-state index contributed by atoms with van der Waals surface area (Å²) in [5.41, 5.74) is 1.56. The van der Waals surface area contributed by atoms with Gasteiger partial charge in [-0.25, -0.2) is 0 Å². The Balaban J connectivity index is 1.64. The van der Waals surface area contributed by atoms with E-state index < -0.39 is 0 Å². The summed E-state index contributed by atoms with van der Waals surface area (Å²) in [7, 11) is 0. The third-order valence-electron chi connectivity index (χ3n) is 3.37. The van der Waals surface area contributed by atoms with Crippen LogP contribution < -0.4 is 10.6 Å². The molecule has 126 valence electrons. The molecule has 2 amide bonds. The lowest BCUT2D eigenvalue weighted by molar-refractivity contribution is -0.121. The fraction of sp³-hybridized carbons (Fsp3) is 0.222. The first kappa shape index (κ1) is 18.3. The van der Waals surface area contributed by atoms with Gasteiger partial charge < -0.3 is 10.6 Å². The Morgan fingerprint density at radius 3 is 2.29 bits per heavy atom. The standard InChI is InChI=1S/C18H18Cl2N2O2/c19-15-7-4-13(5-8-15)6-9-17(23)21-10-11-22-18(24)14-2-1-3-16(20)12-14/h1-5,7-8,12H,6,9-11H2,(H,21,23)(H,22,24). The van der Waals surface area contributed by atoms with Crippen LogP contribution >= 0.6 is 23.2 Å². The molecule has 2 N–H and O–H groups in total. The smallest absolute Gasteiger partial charge is 0.251 e. The molecule has 0 saturated heterocycles. The zero-order valence-corrected chi connectivity index (χ0v) is 14.5. The van der Waals surface area contributed by atoms with Crippen molar-refractivity contribution < 1.29 is 9.59 Å². The van der Waals surface area contributed by atoms with E-state index in [4.69, 9.17) is 23.2 Å². The average Bonchev–Trinajstić information content (AvgIpc) is 2.58. The molecule has 0 heterocycles. The summed E-state index contributed by atoms with van der Waals surface area (Å²) in [6.45, 7) is 0.740. The molecule has 2 rings (SSSR count). The summed E-state index contributed by atoms with van der Waals surface area (Å²) in [6, 6.07) is 14.1. The first-order chi connectivity index (χ1) is 11.5. The van der Waals surface area contributed by atoms with E-state index >= 15 is 0 Å². The second-order valence-corrected chi connectivity index (χ2v) is 6.12. The topological polar surface area (TPSA) is 58.2 Å². The third kappa shape index (κ3) is 6.22. The minimum absolute atomic E-state index is 0.0537. The van der Waals surface area contributed by atoms with Crippen molar-refractivity contribution in [2.75, 3.05) is 13.1 Å². The Bertz CT molecular complexity index is 702. The van der Waals surface area contributed by atoms with Crippen LogP contribution in [0.1, 0.15) is 22.3 Å². The number of benzene rings is 2. The predicted molar refractivity (Wildman–Crippen MR) is 96.6 cm³/mol. The molecular weight excluding hydrogens is 347 g/mol. The lowest BCUT2D eigenvalue weighted by Crippen LogP contribution is -2.34. The number of nitrogens with one attached hydrogen (secondary N) is 2. The first-order valence-electron chi connectivity index (χ1n) is 7.59. The van der Waals surface area contributed by atoms with Gasteiger partial charge in [-0.2, -0.15) is 0 Å². The summed E-state index contributed by atoms with van der Waals surface area (Å²) in [4.78, 5) is 23.7. The van der Waals surface area contributed by atoms with Crippen LogP contribution in [0, 0.1) is 0 Å². The van der Waals surface area contributed by atoms with E-state index in [1.807, 2.05) is 12.1 Å². The average molecular weight is 365 g/mol. The third-order valence-corrected chi connectivity index (χ3v) is 3.86. The second-order valence-electron chi connectivity index (χ2n) is 5.24. The van der Waals surface area contributed by atoms with Gasteiger partial charge in [0.1, 0.15) is 0 Å². The molecule has 0 unspecified atom stereocenters. The van der Waals surface area contributed by atoms with E-state index in [1.54, 1.807) is 36.4 Å². The van der Waals surface area contributed by atoms with Gasteiger partial charge in [-0.3, -0.25) is 9.59 Å². The molecule has 0 bridgehead atoms. The monoisotopic (exact) mass is 364 g/mol. The molecular formula is C18H18Cl2N2O2. The molecule has 0 saturated carbocycles. The maximum atomic E-state index is 11.9. The predicted octanol–water partition coefficient (Wildman–Crippen LogP) is 3.47. The van der Waals surface area contributed by atoms with Crippen molar-refractivity contribution in [1.29, 1.82) is 0 Å². The molecule has 24 heavy (non-hydrogen) atoms. The Morgan fingerprint density at radius 2 is 1.58 bits per heavy atom. The van der Waals surface area contributed by atoms with Crippen LogP contribution in [0.5, 0.6) is 0 Å². The summed E-state index contributed by atoms with van der Waals surface area (Å²) < 4.78 is 0. The highest BCUT2D eigenvalue weighted by molar-refractivity contribution is 6.31. The van der Waals surface area contributed by atoms with Crippen LogP contribution in [0.15, 0.2) is 48.5 Å². The number of halogens is 2. The van der Waals surface area contributed by atoms with Crippen molar-refractivity contribution >= 4 is 35.0 Å². The Hall–Kier alpha value is -2.04. The molecule has 4 nitrogen and oxygen atoms in total. The second kappa shape index (κ2) is 9.30. The first-order valence-corrected chi connectivity index (χ1v) is 8.35. The summed E-state index contributed by atoms with van der Waals surface area (Å²) in [6.07, 6.45) is 1.04. The van der Waals surface area contributed by atoms with Crippen molar-refractivity contribution in [2.45, 2.75) is 12.8 Å². The molecule has 0 aliphatic heterocycles. The van der Waals surface area contributed by atoms with Crippen LogP contribution in [-0.4, -0.2) is 24.9 Å². The number of aryl methyl sites for hydroxylation is 1. The summed E-state index contributed by atoms with van der Waals surface area (Å²) in [5, 5.41) is 6.70. The molecule has 0 aliphatic carbocycles. The molecule has 6 heteroatoms. The van der Waals surface area contributed by atoms with Crippen molar-refractivity contribution in [3.8, 4) is 0 Å². The highest BCUT2D eigenvalue weighted by Crippen LogP contribution is 2.11. The van der Waals surface area contributed by atoms with Gasteiger partial charge in [0.05, 0.1) is 0 Å². The van der Waals surface area contributed by atoms with Crippen LogP contribution in [-0.2, 0) is 11.2 Å². The van der Waals surface area contributed by atoms with Crippen molar-refractivity contribution in [1.82, 2.24) is 10.6 Å². The molecule has 0 atom stereocenters. The van der Waals surface area contributed by atoms with E-state index in [1.165, 1.54) is 0 Å². The van der Waals surface area contributed by atoms with Gasteiger partial charge in [-0.15, -0.1) is 0 Å². The highest BCUT2D eigenvalue weighted by atomic mass is 35.5. The van der Waals surface area contributed by atoms with Gasteiger partial charge in [-0.05, 0) is 42.3 Å². The fourth-order valence-electron chi connectivity index (χ4n) is 2.11. The lowest BCUT2D eigenvalue weighted by Gasteiger charge is -2.07. The normalized spacial score (nSPS) is 10.2. The number of carbonyl (C=O) groups is 2. The molecule has 0 fully saturated rings. The van der Waals surface area contributed by atoms with Crippen molar-refractivity contribution in [3.05, 3.63) is 69.7 Å². The van der Waals surface area contributed by atoms with Crippen LogP contribution in [0.2, 0.25) is 10.0 Å². The molecule has 0 radical (unpaired) electrons. The van der Waals surface area contributed by atoms with Crippen LogP contribution in [0.3, 0.4) is 0 Å². The fourth-order valence-corrected chi connectivity index (χ4v) is 2.42. The van der Waals surface area contributed by atoms with Crippen LogP contribution in [0.25, 0.3) is 0 Å². The van der Waals surface area contributed by atoms with E-state index in [0.29, 0.717) is 41.5 Å². The molecule has 2 aromatic carbocycles. The van der Waals surface area contributed by atoms with E-state index in [-0.39, 0.29) is 11.8 Å². The van der Waals surface area contributed by atoms with E-state index in [2.05, 4.69) is 10.6 Å². The number of rotatable bonds is 7. The minimum Gasteiger partial charge on any atom is -0.354 e. The number of carbonyl (C=O) groups excluding carboxylic acids is 2. The summed E-state index contributed by atoms with van der Waals surface area (Å²) in [5.74, 6) is -0.269. The lowest BCUT2D eigenvalue weighted by atomic mass is 10.1. The highest BCUT2D eigenvalue weighted by Gasteiger charge is 2.06. The zero-order valence-electron chi connectivity index (χ0n) is 13.0. The Labute approximate surface area is 151 Å². The molecule has 0 aliphatic rings. The van der Waals surface area contributed by atoms with Gasteiger partial charge in [0.25, 0.3) is 5.91 Å². The Morgan fingerprint density at radius 1 is 0.875 bits per heavy atom. The van der Waals surface area contributed by atoms with Gasteiger partial charge in [0, 0.05) is 35.1 Å². The van der Waals surface area contributed by atoms with Crippen molar-refractivity contribution in [2.24, 2.45) is 0 Å². The van der Waals surface area contributed by atoms with Gasteiger partial charge >= 0.3 is 0 Å². The molecule has 0 spiro atoms. The van der Waals surface area contributed by atoms with Gasteiger partial charge in [0.15, 0.2) is 0 Å². The van der Waals surface area contributed by atoms with E-state index in [0.717, 1.165) is 5.56 Å². The number of hydrogen-bond acceptors (Lipinski definition) is 2. The minimum atomic E-state index is -0.215. The zero-order chi connectivity index (χ0) is 17.4. The largest absolute Gasteiger partial charge is 0.354 e.